The van der Waals surface area contributed by atoms with Crippen LogP contribution in [0.2, 0.25) is 5.02 Å². The lowest BCUT2D eigenvalue weighted by Gasteiger charge is -2.32. The zero-order valence-electron chi connectivity index (χ0n) is 16.3. The van der Waals surface area contributed by atoms with Crippen molar-refractivity contribution in [3.63, 3.8) is 0 Å². The lowest BCUT2D eigenvalue weighted by atomic mass is 9.94. The first-order valence-corrected chi connectivity index (χ1v) is 10.2. The van der Waals surface area contributed by atoms with Crippen LogP contribution in [0.4, 0.5) is 0 Å². The van der Waals surface area contributed by atoms with E-state index in [0.29, 0.717) is 36.0 Å². The van der Waals surface area contributed by atoms with Gasteiger partial charge in [0.25, 0.3) is 0 Å². The summed E-state index contributed by atoms with van der Waals surface area (Å²) in [6.07, 6.45) is 3.77. The Kier molecular flexibility index (Phi) is 6.59. The highest BCUT2D eigenvalue weighted by Gasteiger charge is 2.29. The molecule has 0 amide bonds. The number of aromatic nitrogens is 2. The van der Waals surface area contributed by atoms with E-state index in [4.69, 9.17) is 21.1 Å². The van der Waals surface area contributed by atoms with Crippen molar-refractivity contribution in [1.82, 2.24) is 9.97 Å². The summed E-state index contributed by atoms with van der Waals surface area (Å²) in [5.41, 5.74) is 3.00. The first kappa shape index (κ1) is 20.8. The molecule has 0 radical (unpaired) electrons. The smallest absolute Gasteiger partial charge is 0.321 e. The van der Waals surface area contributed by atoms with Crippen molar-refractivity contribution in [2.75, 3.05) is 6.61 Å². The van der Waals surface area contributed by atoms with Crippen LogP contribution < -0.4 is 4.74 Å². The van der Waals surface area contributed by atoms with Gasteiger partial charge in [0.1, 0.15) is 5.75 Å². The summed E-state index contributed by atoms with van der Waals surface area (Å²) in [6.45, 7) is -0.101. The summed E-state index contributed by atoms with van der Waals surface area (Å²) in [4.78, 5) is 8.10. The molecule has 156 valence electrons. The Bertz CT molecular complexity index is 969. The number of aliphatic hydroxyl groups is 2. The predicted molar refractivity (Wildman–Crippen MR) is 113 cm³/mol. The highest BCUT2D eigenvalue weighted by molar-refractivity contribution is 6.31. The third-order valence-corrected chi connectivity index (χ3v) is 5.46. The number of ether oxygens (including phenoxy) is 2. The molecule has 1 aromatic heterocycles. The zero-order chi connectivity index (χ0) is 20.9. The summed E-state index contributed by atoms with van der Waals surface area (Å²) in [5.74, 6) is 0.657. The summed E-state index contributed by atoms with van der Waals surface area (Å²) in [7, 11) is 0. The fourth-order valence-electron chi connectivity index (χ4n) is 3.59. The van der Waals surface area contributed by atoms with Crippen LogP contribution in [-0.4, -0.2) is 39.0 Å². The van der Waals surface area contributed by atoms with E-state index >= 15 is 0 Å². The van der Waals surface area contributed by atoms with Gasteiger partial charge in [-0.15, -0.1) is 0 Å². The molecule has 1 aliphatic rings. The number of aliphatic hydroxyl groups excluding tert-OH is 2. The van der Waals surface area contributed by atoms with Gasteiger partial charge >= 0.3 is 6.01 Å². The second-order valence-electron chi connectivity index (χ2n) is 7.36. The van der Waals surface area contributed by atoms with E-state index in [9.17, 15) is 10.2 Å². The highest BCUT2D eigenvalue weighted by atomic mass is 35.5. The molecule has 4 rings (SSSR count). The van der Waals surface area contributed by atoms with E-state index < -0.39 is 6.10 Å². The largest absolute Gasteiger partial charge is 0.424 e. The van der Waals surface area contributed by atoms with E-state index in [2.05, 4.69) is 9.97 Å². The molecule has 2 aromatic carbocycles. The molecule has 1 saturated heterocycles. The van der Waals surface area contributed by atoms with Crippen molar-refractivity contribution >= 4 is 11.6 Å². The topological polar surface area (TPSA) is 84.7 Å². The van der Waals surface area contributed by atoms with Gasteiger partial charge in [-0.3, -0.25) is 0 Å². The molecule has 0 bridgehead atoms. The molecule has 2 heterocycles. The van der Waals surface area contributed by atoms with Gasteiger partial charge in [0, 0.05) is 30.3 Å². The van der Waals surface area contributed by atoms with Crippen LogP contribution in [0, 0.1) is 0 Å². The van der Waals surface area contributed by atoms with Crippen molar-refractivity contribution in [3.05, 3.63) is 82.6 Å². The Morgan fingerprint density at radius 1 is 1.07 bits per heavy atom. The highest BCUT2D eigenvalue weighted by Crippen LogP contribution is 2.34. The molecule has 2 N–H and O–H groups in total. The molecule has 3 atom stereocenters. The van der Waals surface area contributed by atoms with Crippen LogP contribution in [0.15, 0.2) is 60.9 Å². The molecule has 6 nitrogen and oxygen atoms in total. The summed E-state index contributed by atoms with van der Waals surface area (Å²) < 4.78 is 11.6. The Morgan fingerprint density at radius 2 is 1.83 bits per heavy atom. The van der Waals surface area contributed by atoms with E-state index in [1.54, 1.807) is 18.5 Å². The average Bonchev–Trinajstić information content (AvgIpc) is 2.77. The van der Waals surface area contributed by atoms with Crippen molar-refractivity contribution in [1.29, 1.82) is 0 Å². The normalized spacial score (nSPS) is 21.4. The standard InChI is InChI=1S/C23H23ClN2O4/c24-21-7-4-16(22-13-18(28)12-20(14-27)29-22)11-17(21)10-15-2-5-19(6-3-15)30-23-25-8-1-9-26-23/h1-9,11,18,20,22,27-28H,10,12-14H2. The number of hydrogen-bond acceptors (Lipinski definition) is 6. The molecule has 7 heteroatoms. The van der Waals surface area contributed by atoms with Crippen LogP contribution in [0.25, 0.3) is 0 Å². The molecule has 0 spiro atoms. The number of hydrogen-bond donors (Lipinski definition) is 2. The molecule has 0 saturated carbocycles. The average molecular weight is 427 g/mol. The third-order valence-electron chi connectivity index (χ3n) is 5.09. The number of halogens is 1. The van der Waals surface area contributed by atoms with Gasteiger partial charge in [-0.1, -0.05) is 35.9 Å². The molecular formula is C23H23ClN2O4. The first-order valence-electron chi connectivity index (χ1n) is 9.87. The summed E-state index contributed by atoms with van der Waals surface area (Å²) >= 11 is 6.44. The third kappa shape index (κ3) is 5.15. The monoisotopic (exact) mass is 426 g/mol. The Morgan fingerprint density at radius 3 is 2.57 bits per heavy atom. The van der Waals surface area contributed by atoms with Crippen LogP contribution in [0.1, 0.15) is 35.6 Å². The molecule has 1 fully saturated rings. The van der Waals surface area contributed by atoms with Crippen LogP contribution >= 0.6 is 11.6 Å². The van der Waals surface area contributed by atoms with Gasteiger partial charge in [0.2, 0.25) is 0 Å². The first-order chi connectivity index (χ1) is 14.6. The molecular weight excluding hydrogens is 404 g/mol. The summed E-state index contributed by atoms with van der Waals surface area (Å²) in [5, 5.41) is 20.2. The van der Waals surface area contributed by atoms with Gasteiger partial charge in [0.05, 0.1) is 24.9 Å². The number of rotatable bonds is 6. The van der Waals surface area contributed by atoms with E-state index in [0.717, 1.165) is 16.7 Å². The SMILES string of the molecule is OCC1CC(O)CC(c2ccc(Cl)c(Cc3ccc(Oc4ncccn4)cc3)c2)O1. The molecule has 30 heavy (non-hydrogen) atoms. The van der Waals surface area contributed by atoms with Gasteiger partial charge in [-0.05, 0) is 47.4 Å². The quantitative estimate of drug-likeness (QED) is 0.617. The van der Waals surface area contributed by atoms with Crippen molar-refractivity contribution < 1.29 is 19.7 Å². The maximum absolute atomic E-state index is 10.1. The Balaban J connectivity index is 1.47. The second-order valence-corrected chi connectivity index (χ2v) is 7.77. The van der Waals surface area contributed by atoms with Gasteiger partial charge < -0.3 is 19.7 Å². The van der Waals surface area contributed by atoms with E-state index in [-0.39, 0.29) is 18.8 Å². The molecule has 3 aromatic rings. The Labute approximate surface area is 180 Å². The van der Waals surface area contributed by atoms with Gasteiger partial charge in [-0.25, -0.2) is 9.97 Å². The fraction of sp³-hybridized carbons (Fsp3) is 0.304. The number of benzene rings is 2. The van der Waals surface area contributed by atoms with E-state index in [1.807, 2.05) is 42.5 Å². The Hall–Kier alpha value is -2.51. The minimum absolute atomic E-state index is 0.101. The molecule has 0 aliphatic carbocycles. The van der Waals surface area contributed by atoms with Crippen LogP contribution in [0.3, 0.4) is 0 Å². The van der Waals surface area contributed by atoms with Gasteiger partial charge in [0.15, 0.2) is 0 Å². The lowest BCUT2D eigenvalue weighted by molar-refractivity contribution is -0.113. The number of nitrogens with zero attached hydrogens (tertiary/aromatic N) is 2. The van der Waals surface area contributed by atoms with Crippen LogP contribution in [-0.2, 0) is 11.2 Å². The van der Waals surface area contributed by atoms with Crippen molar-refractivity contribution in [2.45, 2.75) is 37.6 Å². The minimum Gasteiger partial charge on any atom is -0.424 e. The lowest BCUT2D eigenvalue weighted by Crippen LogP contribution is -2.33. The maximum Gasteiger partial charge on any atom is 0.321 e. The second kappa shape index (κ2) is 9.53. The van der Waals surface area contributed by atoms with E-state index in [1.165, 1.54) is 0 Å². The minimum atomic E-state index is -0.485. The van der Waals surface area contributed by atoms with Gasteiger partial charge in [-0.2, -0.15) is 0 Å². The fourth-order valence-corrected chi connectivity index (χ4v) is 3.78. The molecule has 3 unspecified atom stereocenters. The maximum atomic E-state index is 10.1. The van der Waals surface area contributed by atoms with Crippen molar-refractivity contribution in [2.24, 2.45) is 0 Å². The predicted octanol–water partition coefficient (Wildman–Crippen LogP) is 4.09. The van der Waals surface area contributed by atoms with Crippen LogP contribution in [0.5, 0.6) is 11.8 Å². The summed E-state index contributed by atoms with van der Waals surface area (Å²) in [6, 6.07) is 15.5. The zero-order valence-corrected chi connectivity index (χ0v) is 17.1. The van der Waals surface area contributed by atoms with Crippen molar-refractivity contribution in [3.8, 4) is 11.8 Å². The molecule has 1 aliphatic heterocycles.